The Hall–Kier alpha value is -3.61. The fraction of sp³-hybridized carbons (Fsp3) is 0.346. The number of aromatic nitrogens is 4. The number of nitrogens with zero attached hydrogens (tertiary/aromatic N) is 5. The van der Waals surface area contributed by atoms with E-state index in [1.807, 2.05) is 41.8 Å². The summed E-state index contributed by atoms with van der Waals surface area (Å²) in [6.07, 6.45) is 0.896. The van der Waals surface area contributed by atoms with E-state index in [-0.39, 0.29) is 17.8 Å². The van der Waals surface area contributed by atoms with Gasteiger partial charge in [0.15, 0.2) is 11.2 Å². The third-order valence-electron chi connectivity index (χ3n) is 6.50. The molecule has 7 heteroatoms. The molecule has 0 aliphatic carbocycles. The van der Waals surface area contributed by atoms with Crippen LogP contribution in [0, 0.1) is 12.8 Å². The van der Waals surface area contributed by atoms with Crippen molar-refractivity contribution in [1.29, 1.82) is 0 Å². The Balaban J connectivity index is 1.58. The summed E-state index contributed by atoms with van der Waals surface area (Å²) < 4.78 is 4.85. The molecule has 33 heavy (non-hydrogen) atoms. The largest absolute Gasteiger partial charge is 0.342 e. The topological polar surface area (TPSA) is 65.1 Å². The van der Waals surface area contributed by atoms with Gasteiger partial charge in [0.25, 0.3) is 5.56 Å². The molecule has 0 radical (unpaired) electrons. The summed E-state index contributed by atoms with van der Waals surface area (Å²) >= 11 is 0. The van der Waals surface area contributed by atoms with E-state index in [0.717, 1.165) is 36.6 Å². The molecule has 1 aliphatic heterocycles. The molecule has 2 aromatic carbocycles. The molecule has 0 saturated carbocycles. The summed E-state index contributed by atoms with van der Waals surface area (Å²) in [5.41, 5.74) is 3.69. The van der Waals surface area contributed by atoms with Crippen LogP contribution < -0.4 is 16.1 Å². The Kier molecular flexibility index (Phi) is 5.40. The van der Waals surface area contributed by atoms with Crippen molar-refractivity contribution >= 4 is 17.1 Å². The second-order valence-corrected chi connectivity index (χ2v) is 9.20. The van der Waals surface area contributed by atoms with Crippen molar-refractivity contribution in [3.05, 3.63) is 92.1 Å². The molecule has 0 bridgehead atoms. The maximum absolute atomic E-state index is 13.6. The zero-order valence-electron chi connectivity index (χ0n) is 19.4. The zero-order chi connectivity index (χ0) is 23.1. The second kappa shape index (κ2) is 8.39. The van der Waals surface area contributed by atoms with E-state index in [9.17, 15) is 9.59 Å². The molecular formula is C26H29N5O2. The lowest BCUT2D eigenvalue weighted by Crippen LogP contribution is -2.41. The molecular weight excluding hydrogens is 414 g/mol. The van der Waals surface area contributed by atoms with Gasteiger partial charge in [0.1, 0.15) is 0 Å². The van der Waals surface area contributed by atoms with Crippen LogP contribution in [0.2, 0.25) is 0 Å². The first kappa shape index (κ1) is 21.2. The van der Waals surface area contributed by atoms with Gasteiger partial charge < -0.3 is 9.47 Å². The van der Waals surface area contributed by atoms with Crippen LogP contribution in [0.5, 0.6) is 0 Å². The lowest BCUT2D eigenvalue weighted by molar-refractivity contribution is 0.437. The van der Waals surface area contributed by atoms with Gasteiger partial charge in [-0.2, -0.15) is 4.98 Å². The number of hydrogen-bond donors (Lipinski definition) is 0. The molecule has 2 aromatic heterocycles. The van der Waals surface area contributed by atoms with Gasteiger partial charge in [-0.3, -0.25) is 13.9 Å². The number of fused-ring (bicyclic) bond motifs is 3. The molecule has 170 valence electrons. The fourth-order valence-electron chi connectivity index (χ4n) is 4.72. The standard InChI is InChI=1S/C26H29N5O2/c1-18-9-11-21(12-10-18)17-31-24(32)22-23(28(3)26(31)33)27-25-29(15-19(2)16-30(22)25)14-13-20-7-5-4-6-8-20/h4-12,19H,13-17H2,1-3H3/t19-/m0/s1. The van der Waals surface area contributed by atoms with E-state index in [1.165, 1.54) is 14.7 Å². The van der Waals surface area contributed by atoms with Crippen LogP contribution in [-0.2, 0) is 26.6 Å². The van der Waals surface area contributed by atoms with Crippen LogP contribution in [-0.4, -0.2) is 31.8 Å². The van der Waals surface area contributed by atoms with Crippen molar-refractivity contribution in [2.45, 2.75) is 33.4 Å². The summed E-state index contributed by atoms with van der Waals surface area (Å²) in [6.45, 7) is 6.85. The molecule has 1 atom stereocenters. The van der Waals surface area contributed by atoms with Crippen LogP contribution in [0.15, 0.2) is 64.2 Å². The maximum Gasteiger partial charge on any atom is 0.332 e. The van der Waals surface area contributed by atoms with Crippen molar-refractivity contribution in [2.24, 2.45) is 13.0 Å². The minimum absolute atomic E-state index is 0.246. The number of benzene rings is 2. The molecule has 0 spiro atoms. The van der Waals surface area contributed by atoms with Crippen LogP contribution in [0.25, 0.3) is 11.2 Å². The molecule has 3 heterocycles. The van der Waals surface area contributed by atoms with E-state index < -0.39 is 0 Å². The smallest absolute Gasteiger partial charge is 0.332 e. The van der Waals surface area contributed by atoms with E-state index >= 15 is 0 Å². The lowest BCUT2D eigenvalue weighted by atomic mass is 10.1. The van der Waals surface area contributed by atoms with Gasteiger partial charge in [0.05, 0.1) is 6.54 Å². The zero-order valence-corrected chi connectivity index (χ0v) is 19.4. The van der Waals surface area contributed by atoms with Crippen molar-refractivity contribution in [1.82, 2.24) is 18.7 Å². The predicted octanol–water partition coefficient (Wildman–Crippen LogP) is 2.95. The number of imidazole rings is 1. The minimum Gasteiger partial charge on any atom is -0.342 e. The quantitative estimate of drug-likeness (QED) is 0.476. The van der Waals surface area contributed by atoms with Crippen molar-refractivity contribution in [3.63, 3.8) is 0 Å². The first-order valence-corrected chi connectivity index (χ1v) is 11.5. The minimum atomic E-state index is -0.340. The molecule has 4 aromatic rings. The van der Waals surface area contributed by atoms with Gasteiger partial charge >= 0.3 is 5.69 Å². The Morgan fingerprint density at radius 1 is 0.970 bits per heavy atom. The first-order valence-electron chi connectivity index (χ1n) is 11.5. The van der Waals surface area contributed by atoms with Gasteiger partial charge in [-0.15, -0.1) is 0 Å². The number of anilines is 1. The Bertz CT molecular complexity index is 1410. The lowest BCUT2D eigenvalue weighted by Gasteiger charge is -2.33. The van der Waals surface area contributed by atoms with Gasteiger partial charge in [-0.05, 0) is 30.4 Å². The molecule has 0 amide bonds. The summed E-state index contributed by atoms with van der Waals surface area (Å²) in [7, 11) is 1.70. The van der Waals surface area contributed by atoms with Crippen LogP contribution in [0.4, 0.5) is 5.95 Å². The second-order valence-electron chi connectivity index (χ2n) is 9.20. The molecule has 7 nitrogen and oxygen atoms in total. The fourth-order valence-corrected chi connectivity index (χ4v) is 4.72. The van der Waals surface area contributed by atoms with E-state index in [1.54, 1.807) is 7.05 Å². The van der Waals surface area contributed by atoms with Gasteiger partial charge in [0, 0.05) is 26.7 Å². The highest BCUT2D eigenvalue weighted by Crippen LogP contribution is 2.27. The van der Waals surface area contributed by atoms with Crippen LogP contribution in [0.1, 0.15) is 23.6 Å². The summed E-state index contributed by atoms with van der Waals surface area (Å²) in [6, 6.07) is 18.3. The molecule has 0 unspecified atom stereocenters. The molecule has 0 saturated heterocycles. The van der Waals surface area contributed by atoms with Crippen molar-refractivity contribution in [2.75, 3.05) is 18.0 Å². The van der Waals surface area contributed by atoms with Gasteiger partial charge in [-0.1, -0.05) is 67.1 Å². The highest BCUT2D eigenvalue weighted by atomic mass is 16.2. The SMILES string of the molecule is Cc1ccc(Cn2c(=O)c3c(nc4n3C[C@@H](C)CN4CCc3ccccc3)n(C)c2=O)cc1. The number of aryl methyl sites for hydroxylation is 2. The van der Waals surface area contributed by atoms with E-state index in [2.05, 4.69) is 36.1 Å². The third kappa shape index (κ3) is 3.88. The van der Waals surface area contributed by atoms with E-state index in [0.29, 0.717) is 23.6 Å². The third-order valence-corrected chi connectivity index (χ3v) is 6.50. The van der Waals surface area contributed by atoms with Crippen LogP contribution >= 0.6 is 0 Å². The normalized spacial score (nSPS) is 15.7. The molecule has 0 N–H and O–H groups in total. The molecule has 0 fully saturated rings. The van der Waals surface area contributed by atoms with Crippen LogP contribution in [0.3, 0.4) is 0 Å². The van der Waals surface area contributed by atoms with Crippen molar-refractivity contribution in [3.8, 4) is 0 Å². The number of rotatable bonds is 5. The molecule has 5 rings (SSSR count). The highest BCUT2D eigenvalue weighted by molar-refractivity contribution is 5.75. The van der Waals surface area contributed by atoms with Gasteiger partial charge in [0.2, 0.25) is 5.95 Å². The summed E-state index contributed by atoms with van der Waals surface area (Å²) in [4.78, 5) is 33.7. The Morgan fingerprint density at radius 2 is 1.70 bits per heavy atom. The average Bonchev–Trinajstić information content (AvgIpc) is 3.20. The summed E-state index contributed by atoms with van der Waals surface area (Å²) in [5.74, 6) is 1.15. The number of hydrogen-bond acceptors (Lipinski definition) is 4. The molecule has 1 aliphatic rings. The highest BCUT2D eigenvalue weighted by Gasteiger charge is 2.28. The Morgan fingerprint density at radius 3 is 2.42 bits per heavy atom. The van der Waals surface area contributed by atoms with E-state index in [4.69, 9.17) is 4.98 Å². The monoisotopic (exact) mass is 443 g/mol. The van der Waals surface area contributed by atoms with Crippen molar-refractivity contribution < 1.29 is 0 Å². The predicted molar refractivity (Wildman–Crippen MR) is 131 cm³/mol. The van der Waals surface area contributed by atoms with Gasteiger partial charge in [-0.25, -0.2) is 4.79 Å². The first-order chi connectivity index (χ1) is 15.9. The summed E-state index contributed by atoms with van der Waals surface area (Å²) in [5, 5.41) is 0. The Labute approximate surface area is 192 Å². The average molecular weight is 444 g/mol. The maximum atomic E-state index is 13.6.